The maximum atomic E-state index is 11.9. The summed E-state index contributed by atoms with van der Waals surface area (Å²) in [5, 5.41) is 13.2. The van der Waals surface area contributed by atoms with Crippen molar-refractivity contribution in [3.8, 4) is 23.1 Å². The van der Waals surface area contributed by atoms with Gasteiger partial charge >= 0.3 is 7.75 Å². The van der Waals surface area contributed by atoms with Gasteiger partial charge in [-0.25, -0.2) is 4.57 Å². The van der Waals surface area contributed by atoms with Gasteiger partial charge in [-0.3, -0.25) is 9.61 Å². The summed E-state index contributed by atoms with van der Waals surface area (Å²) in [6, 6.07) is 15.1. The highest BCUT2D eigenvalue weighted by molar-refractivity contribution is 7.54. The van der Waals surface area contributed by atoms with Crippen LogP contribution in [0.3, 0.4) is 0 Å². The molecule has 0 bridgehead atoms. The Labute approximate surface area is 170 Å². The molecule has 1 aromatic heterocycles. The molecule has 0 aliphatic rings. The van der Waals surface area contributed by atoms with Gasteiger partial charge in [0.2, 0.25) is 0 Å². The van der Waals surface area contributed by atoms with Crippen LogP contribution in [-0.2, 0) is 15.6 Å². The van der Waals surface area contributed by atoms with Crippen LogP contribution in [0.15, 0.2) is 42.5 Å². The van der Waals surface area contributed by atoms with Gasteiger partial charge in [0, 0.05) is 23.7 Å². The van der Waals surface area contributed by atoms with Gasteiger partial charge < -0.3 is 14.2 Å². The molecule has 2 aromatic carbocycles. The summed E-state index contributed by atoms with van der Waals surface area (Å²) in [5.74, 6) is 0.761. The molecule has 8 heteroatoms. The number of fused-ring (bicyclic) bond motifs is 1. The Morgan fingerprint density at radius 2 is 1.86 bits per heavy atom. The molecule has 7 nitrogen and oxygen atoms in total. The quantitative estimate of drug-likeness (QED) is 0.496. The van der Waals surface area contributed by atoms with Crippen molar-refractivity contribution >= 4 is 24.3 Å². The molecular formula is C21H24N3O4P. The smallest absolute Gasteiger partial charge is 0.430 e. The molecule has 3 aromatic rings. The molecule has 0 saturated carbocycles. The summed E-state index contributed by atoms with van der Waals surface area (Å²) in [7, 11) is -3.89. The average Bonchev–Trinajstić information content (AvgIpc) is 3.01. The predicted octanol–water partition coefficient (Wildman–Crippen LogP) is 5.15. The van der Waals surface area contributed by atoms with E-state index in [0.29, 0.717) is 24.4 Å². The molecule has 0 spiro atoms. The lowest BCUT2D eigenvalue weighted by molar-refractivity contribution is 0.279. The van der Waals surface area contributed by atoms with Crippen molar-refractivity contribution < 1.29 is 18.7 Å². The van der Waals surface area contributed by atoms with E-state index in [1.807, 2.05) is 44.2 Å². The lowest BCUT2D eigenvalue weighted by Crippen LogP contribution is -2.01. The zero-order chi connectivity index (χ0) is 21.0. The van der Waals surface area contributed by atoms with Gasteiger partial charge in [0.1, 0.15) is 11.8 Å². The maximum absolute atomic E-state index is 11.9. The van der Waals surface area contributed by atoms with Crippen LogP contribution in [0.5, 0.6) is 5.75 Å². The van der Waals surface area contributed by atoms with Crippen molar-refractivity contribution in [1.29, 1.82) is 5.26 Å². The average molecular weight is 413 g/mol. The lowest BCUT2D eigenvalue weighted by Gasteiger charge is -2.14. The van der Waals surface area contributed by atoms with Crippen LogP contribution in [0.1, 0.15) is 26.3 Å². The van der Waals surface area contributed by atoms with E-state index in [1.54, 1.807) is 19.1 Å². The number of benzene rings is 2. The molecule has 152 valence electrons. The Morgan fingerprint density at radius 3 is 2.45 bits per heavy atom. The summed E-state index contributed by atoms with van der Waals surface area (Å²) in [5.41, 5.74) is 3.63. The first-order valence-electron chi connectivity index (χ1n) is 9.49. The number of aromatic nitrogens is 1. The third-order valence-corrected chi connectivity index (χ3v) is 5.66. The van der Waals surface area contributed by atoms with Crippen LogP contribution in [0.25, 0.3) is 22.2 Å². The summed E-state index contributed by atoms with van der Waals surface area (Å²) < 4.78 is 24.4. The van der Waals surface area contributed by atoms with Gasteiger partial charge in [-0.2, -0.15) is 5.26 Å². The molecule has 1 atom stereocenters. The first-order chi connectivity index (χ1) is 13.9. The molecule has 0 amide bonds. The minimum Gasteiger partial charge on any atom is -0.494 e. The molecule has 1 unspecified atom stereocenters. The van der Waals surface area contributed by atoms with E-state index < -0.39 is 7.75 Å². The van der Waals surface area contributed by atoms with Crippen molar-refractivity contribution in [2.24, 2.45) is 0 Å². The van der Waals surface area contributed by atoms with Crippen molar-refractivity contribution in [3.05, 3.63) is 48.0 Å². The fourth-order valence-corrected chi connectivity index (χ4v) is 4.29. The minimum absolute atomic E-state index is 0.130. The van der Waals surface area contributed by atoms with Crippen LogP contribution < -0.4 is 9.82 Å². The standard InChI is InChI=1S/C21H24N3O4P/c1-4-24-20-13-17(27-5-2)11-12-18(20)19(14-22)21(24)15-7-9-16(10-8-15)23-29(25,26)28-6-3/h7-13H,4-6H2,1-3H3,(H2,23,25,26). The minimum atomic E-state index is -3.89. The van der Waals surface area contributed by atoms with Gasteiger partial charge in [0.05, 0.1) is 30.0 Å². The normalized spacial score (nSPS) is 13.1. The summed E-state index contributed by atoms with van der Waals surface area (Å²) in [6.07, 6.45) is 0. The van der Waals surface area contributed by atoms with Crippen molar-refractivity contribution in [2.45, 2.75) is 27.3 Å². The number of ether oxygens (including phenoxy) is 1. The summed E-state index contributed by atoms with van der Waals surface area (Å²) in [4.78, 5) is 9.75. The largest absolute Gasteiger partial charge is 0.494 e. The molecule has 1 heterocycles. The first-order valence-corrected chi connectivity index (χ1v) is 11.1. The number of nitriles is 1. The molecular weight excluding hydrogens is 389 g/mol. The number of aryl methyl sites for hydroxylation is 1. The van der Waals surface area contributed by atoms with Crippen molar-refractivity contribution in [1.82, 2.24) is 4.57 Å². The Balaban J connectivity index is 2.07. The number of hydrogen-bond acceptors (Lipinski definition) is 4. The van der Waals surface area contributed by atoms with Gasteiger partial charge in [-0.15, -0.1) is 0 Å². The number of rotatable bonds is 8. The van der Waals surface area contributed by atoms with E-state index in [1.165, 1.54) is 0 Å². The highest BCUT2D eigenvalue weighted by Gasteiger charge is 2.20. The lowest BCUT2D eigenvalue weighted by atomic mass is 10.1. The van der Waals surface area contributed by atoms with Gasteiger partial charge in [-0.05, 0) is 50.6 Å². The maximum Gasteiger partial charge on any atom is 0.430 e. The molecule has 29 heavy (non-hydrogen) atoms. The van der Waals surface area contributed by atoms with E-state index >= 15 is 0 Å². The highest BCUT2D eigenvalue weighted by Crippen LogP contribution is 2.42. The molecule has 0 radical (unpaired) electrons. The fourth-order valence-electron chi connectivity index (χ4n) is 3.40. The third-order valence-electron chi connectivity index (χ3n) is 4.51. The molecule has 3 rings (SSSR count). The van der Waals surface area contributed by atoms with E-state index in [0.717, 1.165) is 27.9 Å². The van der Waals surface area contributed by atoms with Gasteiger partial charge in [0.25, 0.3) is 0 Å². The number of nitrogens with zero attached hydrogens (tertiary/aromatic N) is 2. The van der Waals surface area contributed by atoms with Crippen LogP contribution in [0.4, 0.5) is 5.69 Å². The number of anilines is 1. The SMILES string of the molecule is CCOc1ccc2c(C#N)c(-c3ccc(NP(=O)(O)OCC)cc3)n(CC)c2c1. The Bertz CT molecular complexity index is 1100. The predicted molar refractivity (Wildman–Crippen MR) is 114 cm³/mol. The van der Waals surface area contributed by atoms with E-state index in [2.05, 4.69) is 15.7 Å². The monoisotopic (exact) mass is 413 g/mol. The van der Waals surface area contributed by atoms with Crippen LogP contribution in [0.2, 0.25) is 0 Å². The third kappa shape index (κ3) is 4.30. The fraction of sp³-hybridized carbons (Fsp3) is 0.286. The topological polar surface area (TPSA) is 96.5 Å². The zero-order valence-electron chi connectivity index (χ0n) is 16.7. The molecule has 0 saturated heterocycles. The van der Waals surface area contributed by atoms with Crippen LogP contribution in [0, 0.1) is 11.3 Å². The highest BCUT2D eigenvalue weighted by atomic mass is 31.2. The second-order valence-corrected chi connectivity index (χ2v) is 7.84. The Morgan fingerprint density at radius 1 is 1.14 bits per heavy atom. The molecule has 0 aliphatic heterocycles. The van der Waals surface area contributed by atoms with Gasteiger partial charge in [0.15, 0.2) is 0 Å². The molecule has 2 N–H and O–H groups in total. The number of hydrogen-bond donors (Lipinski definition) is 2. The number of nitrogens with one attached hydrogen (secondary N) is 1. The molecule has 0 fully saturated rings. The second kappa shape index (κ2) is 8.71. The summed E-state index contributed by atoms with van der Waals surface area (Å²) >= 11 is 0. The van der Waals surface area contributed by atoms with E-state index in [4.69, 9.17) is 9.26 Å². The van der Waals surface area contributed by atoms with Gasteiger partial charge in [-0.1, -0.05) is 12.1 Å². The van der Waals surface area contributed by atoms with Crippen molar-refractivity contribution in [2.75, 3.05) is 18.3 Å². The molecule has 0 aliphatic carbocycles. The van der Waals surface area contributed by atoms with E-state index in [-0.39, 0.29) is 6.61 Å². The van der Waals surface area contributed by atoms with Crippen LogP contribution in [-0.4, -0.2) is 22.7 Å². The first kappa shape index (κ1) is 20.9. The van der Waals surface area contributed by atoms with Crippen molar-refractivity contribution in [3.63, 3.8) is 0 Å². The summed E-state index contributed by atoms with van der Waals surface area (Å²) in [6.45, 7) is 6.99. The Hall–Kier alpha value is -2.78. The van der Waals surface area contributed by atoms with E-state index in [9.17, 15) is 14.7 Å². The Kier molecular flexibility index (Phi) is 6.29. The zero-order valence-corrected chi connectivity index (χ0v) is 17.6. The second-order valence-electron chi connectivity index (χ2n) is 6.32. The van der Waals surface area contributed by atoms with Crippen LogP contribution >= 0.6 is 7.75 Å².